The number of nitrogens with one attached hydrogen (secondary N) is 1. The van der Waals surface area contributed by atoms with Gasteiger partial charge in [0.1, 0.15) is 11.6 Å². The van der Waals surface area contributed by atoms with E-state index in [0.29, 0.717) is 0 Å². The van der Waals surface area contributed by atoms with E-state index in [4.69, 9.17) is 4.74 Å². The highest BCUT2D eigenvalue weighted by Gasteiger charge is 2.05. The molecule has 5 heteroatoms. The average Bonchev–Trinajstić information content (AvgIpc) is 3.16. The highest BCUT2D eigenvalue weighted by Crippen LogP contribution is 2.18. The van der Waals surface area contributed by atoms with E-state index in [1.54, 1.807) is 19.2 Å². The molecule has 0 saturated carbocycles. The minimum absolute atomic E-state index is 0.229. The lowest BCUT2D eigenvalue weighted by molar-refractivity contribution is 0.333. The lowest BCUT2D eigenvalue weighted by Gasteiger charge is -2.16. The zero-order valence-corrected chi connectivity index (χ0v) is 15.9. The summed E-state index contributed by atoms with van der Waals surface area (Å²) in [6.45, 7) is 2.05. The van der Waals surface area contributed by atoms with Crippen LogP contribution in [0.25, 0.3) is 11.3 Å². The van der Waals surface area contributed by atoms with Gasteiger partial charge in [-0.2, -0.15) is 5.10 Å². The molecule has 0 aliphatic rings. The first-order valence-electron chi connectivity index (χ1n) is 9.26. The summed E-state index contributed by atoms with van der Waals surface area (Å²) in [5.74, 6) is 0.666. The standard InChI is InChI=1S/C22H26FN3O/c1-26(15-13-17-5-11-21(27-2)12-6-17)14-3-4-20-16-22(25-24-20)18-7-9-19(23)10-8-18/h5-12,16H,3-4,13-15H2,1-2H3,(H,24,25). The second-order valence-electron chi connectivity index (χ2n) is 6.79. The van der Waals surface area contributed by atoms with E-state index in [9.17, 15) is 4.39 Å². The number of aromatic nitrogens is 2. The third-order valence-electron chi connectivity index (χ3n) is 4.70. The van der Waals surface area contributed by atoms with Crippen LogP contribution < -0.4 is 4.74 Å². The molecular formula is C22H26FN3O. The van der Waals surface area contributed by atoms with Crippen LogP contribution in [-0.2, 0) is 12.8 Å². The number of hydrogen-bond donors (Lipinski definition) is 1. The first-order chi connectivity index (χ1) is 13.1. The second kappa shape index (κ2) is 9.33. The molecule has 0 bridgehead atoms. The number of rotatable bonds is 9. The van der Waals surface area contributed by atoms with Crippen LogP contribution in [0.15, 0.2) is 54.6 Å². The van der Waals surface area contributed by atoms with Crippen LogP contribution in [0, 0.1) is 5.82 Å². The number of H-pyrrole nitrogens is 1. The van der Waals surface area contributed by atoms with E-state index in [0.717, 1.165) is 55.1 Å². The van der Waals surface area contributed by atoms with Gasteiger partial charge in [0.05, 0.1) is 12.8 Å². The number of benzene rings is 2. The third kappa shape index (κ3) is 5.66. The Bertz CT molecular complexity index is 828. The number of likely N-dealkylation sites (N-methyl/N-ethyl adjacent to an activating group) is 1. The van der Waals surface area contributed by atoms with Crippen molar-refractivity contribution in [1.29, 1.82) is 0 Å². The van der Waals surface area contributed by atoms with E-state index < -0.39 is 0 Å². The number of aromatic amines is 1. The Morgan fingerprint density at radius 3 is 2.44 bits per heavy atom. The molecule has 1 N–H and O–H groups in total. The molecule has 1 heterocycles. The normalized spacial score (nSPS) is 11.1. The molecule has 0 radical (unpaired) electrons. The summed E-state index contributed by atoms with van der Waals surface area (Å²) in [5, 5.41) is 7.42. The molecule has 0 spiro atoms. The van der Waals surface area contributed by atoms with Gasteiger partial charge in [-0.25, -0.2) is 4.39 Å². The molecule has 0 amide bonds. The predicted molar refractivity (Wildman–Crippen MR) is 106 cm³/mol. The Balaban J connectivity index is 1.40. The van der Waals surface area contributed by atoms with Gasteiger partial charge in [0.15, 0.2) is 0 Å². The van der Waals surface area contributed by atoms with Crippen molar-refractivity contribution in [2.24, 2.45) is 0 Å². The Hall–Kier alpha value is -2.66. The number of hydrogen-bond acceptors (Lipinski definition) is 3. The number of halogens is 1. The molecule has 0 unspecified atom stereocenters. The lowest BCUT2D eigenvalue weighted by atomic mass is 10.1. The van der Waals surface area contributed by atoms with Gasteiger partial charge in [0.25, 0.3) is 0 Å². The van der Waals surface area contributed by atoms with Gasteiger partial charge in [-0.1, -0.05) is 12.1 Å². The summed E-state index contributed by atoms with van der Waals surface area (Å²) in [6.07, 6.45) is 3.03. The van der Waals surface area contributed by atoms with Crippen LogP contribution in [0.4, 0.5) is 4.39 Å². The van der Waals surface area contributed by atoms with Crippen molar-refractivity contribution >= 4 is 0 Å². The van der Waals surface area contributed by atoms with Crippen LogP contribution in [0.3, 0.4) is 0 Å². The second-order valence-corrected chi connectivity index (χ2v) is 6.79. The highest BCUT2D eigenvalue weighted by molar-refractivity contribution is 5.58. The van der Waals surface area contributed by atoms with Crippen LogP contribution in [0.1, 0.15) is 17.7 Å². The molecule has 2 aromatic carbocycles. The molecule has 0 atom stereocenters. The first kappa shape index (κ1) is 19.1. The monoisotopic (exact) mass is 367 g/mol. The summed E-state index contributed by atoms with van der Waals surface area (Å²) < 4.78 is 18.2. The fourth-order valence-corrected chi connectivity index (χ4v) is 3.02. The third-order valence-corrected chi connectivity index (χ3v) is 4.70. The van der Waals surface area contributed by atoms with Gasteiger partial charge in [-0.05, 0) is 80.9 Å². The van der Waals surface area contributed by atoms with E-state index in [1.807, 2.05) is 18.2 Å². The zero-order valence-electron chi connectivity index (χ0n) is 15.9. The Morgan fingerprint density at radius 2 is 1.74 bits per heavy atom. The maximum Gasteiger partial charge on any atom is 0.123 e. The molecule has 4 nitrogen and oxygen atoms in total. The summed E-state index contributed by atoms with van der Waals surface area (Å²) in [7, 11) is 3.84. The van der Waals surface area contributed by atoms with Crippen molar-refractivity contribution in [1.82, 2.24) is 15.1 Å². The summed E-state index contributed by atoms with van der Waals surface area (Å²) in [5.41, 5.74) is 4.21. The van der Waals surface area contributed by atoms with Crippen molar-refractivity contribution in [2.75, 3.05) is 27.2 Å². The first-order valence-corrected chi connectivity index (χ1v) is 9.26. The molecule has 27 heavy (non-hydrogen) atoms. The molecule has 0 aliphatic carbocycles. The summed E-state index contributed by atoms with van der Waals surface area (Å²) in [4.78, 5) is 2.35. The van der Waals surface area contributed by atoms with E-state index in [2.05, 4.69) is 34.3 Å². The maximum atomic E-state index is 13.0. The maximum absolute atomic E-state index is 13.0. The topological polar surface area (TPSA) is 41.1 Å². The molecule has 0 fully saturated rings. The largest absolute Gasteiger partial charge is 0.497 e. The number of ether oxygens (including phenoxy) is 1. The van der Waals surface area contributed by atoms with Crippen LogP contribution in [-0.4, -0.2) is 42.3 Å². The SMILES string of the molecule is COc1ccc(CCN(C)CCCc2cc(-c3ccc(F)cc3)n[nH]2)cc1. The molecule has 0 saturated heterocycles. The molecule has 142 valence electrons. The van der Waals surface area contributed by atoms with E-state index in [1.165, 1.54) is 17.7 Å². The quantitative estimate of drug-likeness (QED) is 0.612. The van der Waals surface area contributed by atoms with Gasteiger partial charge in [0, 0.05) is 17.8 Å². The van der Waals surface area contributed by atoms with Crippen molar-refractivity contribution in [3.8, 4) is 17.0 Å². The summed E-state index contributed by atoms with van der Waals surface area (Å²) in [6, 6.07) is 16.7. The van der Waals surface area contributed by atoms with Crippen molar-refractivity contribution in [3.05, 3.63) is 71.7 Å². The van der Waals surface area contributed by atoms with Gasteiger partial charge >= 0.3 is 0 Å². The van der Waals surface area contributed by atoms with Crippen molar-refractivity contribution < 1.29 is 9.13 Å². The van der Waals surface area contributed by atoms with Crippen LogP contribution >= 0.6 is 0 Å². The van der Waals surface area contributed by atoms with Gasteiger partial charge in [0.2, 0.25) is 0 Å². The summed E-state index contributed by atoms with van der Waals surface area (Å²) >= 11 is 0. The van der Waals surface area contributed by atoms with Crippen LogP contribution in [0.5, 0.6) is 5.75 Å². The molecule has 1 aromatic heterocycles. The van der Waals surface area contributed by atoms with Crippen molar-refractivity contribution in [3.63, 3.8) is 0 Å². The molecule has 3 rings (SSSR count). The average molecular weight is 367 g/mol. The predicted octanol–water partition coefficient (Wildman–Crippen LogP) is 4.33. The van der Waals surface area contributed by atoms with E-state index >= 15 is 0 Å². The zero-order chi connectivity index (χ0) is 19.1. The van der Waals surface area contributed by atoms with E-state index in [-0.39, 0.29) is 5.82 Å². The fraction of sp³-hybridized carbons (Fsp3) is 0.318. The highest BCUT2D eigenvalue weighted by atomic mass is 19.1. The number of aryl methyl sites for hydroxylation is 1. The Labute approximate surface area is 160 Å². The molecule has 3 aromatic rings. The van der Waals surface area contributed by atoms with Gasteiger partial charge in [-0.15, -0.1) is 0 Å². The van der Waals surface area contributed by atoms with Gasteiger partial charge < -0.3 is 9.64 Å². The minimum atomic E-state index is -0.229. The number of nitrogens with zero attached hydrogens (tertiary/aromatic N) is 2. The Kier molecular flexibility index (Phi) is 6.60. The van der Waals surface area contributed by atoms with Crippen LogP contribution in [0.2, 0.25) is 0 Å². The number of methoxy groups -OCH3 is 1. The fourth-order valence-electron chi connectivity index (χ4n) is 3.02. The van der Waals surface area contributed by atoms with Crippen molar-refractivity contribution in [2.45, 2.75) is 19.3 Å². The molecule has 0 aliphatic heterocycles. The smallest absolute Gasteiger partial charge is 0.123 e. The molecular weight excluding hydrogens is 341 g/mol. The lowest BCUT2D eigenvalue weighted by Crippen LogP contribution is -2.22. The Morgan fingerprint density at radius 1 is 1.00 bits per heavy atom. The minimum Gasteiger partial charge on any atom is -0.497 e. The van der Waals surface area contributed by atoms with Gasteiger partial charge in [-0.3, -0.25) is 5.10 Å².